The summed E-state index contributed by atoms with van der Waals surface area (Å²) >= 11 is 0. The zero-order valence-corrected chi connectivity index (χ0v) is 16.4. The van der Waals surface area contributed by atoms with E-state index in [4.69, 9.17) is 0 Å². The van der Waals surface area contributed by atoms with E-state index in [1.165, 1.54) is 35.3 Å². The van der Waals surface area contributed by atoms with Gasteiger partial charge in [-0.15, -0.1) is 0 Å². The predicted octanol–water partition coefficient (Wildman–Crippen LogP) is 2.42. The van der Waals surface area contributed by atoms with Gasteiger partial charge < -0.3 is 4.90 Å². The number of halogens is 2. The first-order valence-corrected chi connectivity index (χ1v) is 10.3. The number of carbonyl (C=O) groups is 1. The Morgan fingerprint density at radius 1 is 1.03 bits per heavy atom. The van der Waals surface area contributed by atoms with E-state index < -0.39 is 37.4 Å². The Balaban J connectivity index is 1.66. The molecule has 0 radical (unpaired) electrons. The molecule has 2 aromatic carbocycles. The second-order valence-electron chi connectivity index (χ2n) is 6.47. The number of hydrogen-bond acceptors (Lipinski definition) is 5. The van der Waals surface area contributed by atoms with Gasteiger partial charge in [-0.3, -0.25) is 14.9 Å². The molecule has 3 rings (SSSR count). The summed E-state index contributed by atoms with van der Waals surface area (Å²) in [5.74, 6) is -2.75. The van der Waals surface area contributed by atoms with Gasteiger partial charge in [-0.1, -0.05) is 18.2 Å². The molecule has 0 bridgehead atoms. The first-order chi connectivity index (χ1) is 14.2. The molecule has 1 heterocycles. The summed E-state index contributed by atoms with van der Waals surface area (Å²) in [5, 5.41) is 10.8. The molecular formula is C19H17F2N3O5S. The van der Waals surface area contributed by atoms with Crippen LogP contribution in [0.4, 0.5) is 14.5 Å². The van der Waals surface area contributed by atoms with Crippen molar-refractivity contribution in [3.63, 3.8) is 0 Å². The standard InChI is InChI=1S/C19H17F2N3O5S/c20-16-5-2-6-17(21)19(16)30(28,29)23-11-9-22(10-12-23)18(25)8-7-14-3-1-4-15(13-14)24(26)27/h1-8,13H,9-12H2/b8-7+. The van der Waals surface area contributed by atoms with Crippen molar-refractivity contribution in [3.05, 3.63) is 75.9 Å². The van der Waals surface area contributed by atoms with E-state index >= 15 is 0 Å². The molecule has 1 aliphatic rings. The molecule has 8 nitrogen and oxygen atoms in total. The van der Waals surface area contributed by atoms with Crippen molar-refractivity contribution in [2.75, 3.05) is 26.2 Å². The summed E-state index contributed by atoms with van der Waals surface area (Å²) in [4.78, 5) is 23.0. The SMILES string of the molecule is O=C(/C=C/c1cccc([N+](=O)[O-])c1)N1CCN(S(=O)(=O)c2c(F)cccc2F)CC1. The van der Waals surface area contributed by atoms with Gasteiger partial charge in [0.25, 0.3) is 5.69 Å². The van der Waals surface area contributed by atoms with Crippen molar-refractivity contribution in [2.45, 2.75) is 4.90 Å². The van der Waals surface area contributed by atoms with Crippen molar-refractivity contribution in [1.82, 2.24) is 9.21 Å². The maximum Gasteiger partial charge on any atom is 0.270 e. The van der Waals surface area contributed by atoms with Crippen molar-refractivity contribution < 1.29 is 26.9 Å². The number of hydrogen-bond donors (Lipinski definition) is 0. The monoisotopic (exact) mass is 437 g/mol. The van der Waals surface area contributed by atoms with Crippen LogP contribution >= 0.6 is 0 Å². The predicted molar refractivity (Wildman–Crippen MR) is 104 cm³/mol. The van der Waals surface area contributed by atoms with Crippen LogP contribution in [0.15, 0.2) is 53.4 Å². The molecule has 158 valence electrons. The smallest absolute Gasteiger partial charge is 0.270 e. The second-order valence-corrected chi connectivity index (χ2v) is 8.34. The van der Waals surface area contributed by atoms with E-state index in [-0.39, 0.29) is 31.9 Å². The van der Waals surface area contributed by atoms with Crippen LogP contribution in [0.5, 0.6) is 0 Å². The van der Waals surface area contributed by atoms with Crippen molar-refractivity contribution in [3.8, 4) is 0 Å². The van der Waals surface area contributed by atoms with Gasteiger partial charge in [0.05, 0.1) is 4.92 Å². The van der Waals surface area contributed by atoms with Crippen LogP contribution in [0.1, 0.15) is 5.56 Å². The zero-order valence-electron chi connectivity index (χ0n) is 15.6. The Hall–Kier alpha value is -3.18. The topological polar surface area (TPSA) is 101 Å². The van der Waals surface area contributed by atoms with E-state index in [1.54, 1.807) is 6.07 Å². The molecule has 1 saturated heterocycles. The van der Waals surface area contributed by atoms with Crippen LogP contribution in [0.25, 0.3) is 6.08 Å². The van der Waals surface area contributed by atoms with Crippen molar-refractivity contribution in [2.24, 2.45) is 0 Å². The highest BCUT2D eigenvalue weighted by Gasteiger charge is 2.33. The van der Waals surface area contributed by atoms with E-state index in [0.717, 1.165) is 22.5 Å². The number of nitro groups is 1. The fourth-order valence-corrected chi connectivity index (χ4v) is 4.55. The van der Waals surface area contributed by atoms with Gasteiger partial charge in [0.2, 0.25) is 15.9 Å². The van der Waals surface area contributed by atoms with Gasteiger partial charge in [0.15, 0.2) is 4.90 Å². The Morgan fingerprint density at radius 2 is 1.63 bits per heavy atom. The molecule has 0 unspecified atom stereocenters. The van der Waals surface area contributed by atoms with Gasteiger partial charge >= 0.3 is 0 Å². The summed E-state index contributed by atoms with van der Waals surface area (Å²) < 4.78 is 53.9. The van der Waals surface area contributed by atoms with Gasteiger partial charge in [0, 0.05) is 44.4 Å². The number of benzene rings is 2. The number of nitrogens with zero attached hydrogens (tertiary/aromatic N) is 3. The third-order valence-electron chi connectivity index (χ3n) is 4.57. The summed E-state index contributed by atoms with van der Waals surface area (Å²) in [5.41, 5.74) is 0.359. The van der Waals surface area contributed by atoms with Gasteiger partial charge in [-0.05, 0) is 23.8 Å². The molecule has 0 saturated carbocycles. The molecule has 1 amide bonds. The van der Waals surface area contributed by atoms with E-state index in [2.05, 4.69) is 0 Å². The highest BCUT2D eigenvalue weighted by atomic mass is 32.2. The molecule has 0 spiro atoms. The molecule has 1 fully saturated rings. The molecule has 0 aliphatic carbocycles. The van der Waals surface area contributed by atoms with Crippen molar-refractivity contribution >= 4 is 27.7 Å². The molecule has 0 atom stereocenters. The minimum Gasteiger partial charge on any atom is -0.337 e. The van der Waals surface area contributed by atoms with Crippen LogP contribution in [-0.2, 0) is 14.8 Å². The Morgan fingerprint density at radius 3 is 2.23 bits per heavy atom. The number of amides is 1. The molecule has 0 aromatic heterocycles. The minimum absolute atomic E-state index is 0.0351. The number of piperazine rings is 1. The number of non-ortho nitro benzene ring substituents is 1. The Labute approximate surface area is 171 Å². The highest BCUT2D eigenvalue weighted by molar-refractivity contribution is 7.89. The molecule has 1 aliphatic heterocycles. The fraction of sp³-hybridized carbons (Fsp3) is 0.211. The number of nitro benzene ring substituents is 1. The Kier molecular flexibility index (Phi) is 6.22. The van der Waals surface area contributed by atoms with Gasteiger partial charge in [-0.2, -0.15) is 4.31 Å². The van der Waals surface area contributed by atoms with E-state index in [9.17, 15) is 32.1 Å². The minimum atomic E-state index is -4.38. The number of rotatable bonds is 5. The normalized spacial score (nSPS) is 15.5. The maximum atomic E-state index is 13.9. The average Bonchev–Trinajstić information content (AvgIpc) is 2.72. The molecular weight excluding hydrogens is 420 g/mol. The van der Waals surface area contributed by atoms with Gasteiger partial charge in [-0.25, -0.2) is 17.2 Å². The lowest BCUT2D eigenvalue weighted by Crippen LogP contribution is -2.50. The second kappa shape index (κ2) is 8.67. The van der Waals surface area contributed by atoms with Crippen molar-refractivity contribution in [1.29, 1.82) is 0 Å². The van der Waals surface area contributed by atoms with Crippen LogP contribution in [0, 0.1) is 21.7 Å². The molecule has 11 heteroatoms. The first kappa shape index (κ1) is 21.5. The average molecular weight is 437 g/mol. The molecule has 30 heavy (non-hydrogen) atoms. The lowest BCUT2D eigenvalue weighted by atomic mass is 10.2. The van der Waals surface area contributed by atoms with Crippen LogP contribution in [-0.4, -0.2) is 54.6 Å². The summed E-state index contributed by atoms with van der Waals surface area (Å²) in [6, 6.07) is 8.56. The zero-order chi connectivity index (χ0) is 21.9. The summed E-state index contributed by atoms with van der Waals surface area (Å²) in [6.45, 7) is -0.167. The quantitative estimate of drug-likeness (QED) is 0.406. The fourth-order valence-electron chi connectivity index (χ4n) is 3.02. The molecule has 0 N–H and O–H groups in total. The summed E-state index contributed by atoms with van der Waals surface area (Å²) in [7, 11) is -4.38. The third-order valence-corrected chi connectivity index (χ3v) is 6.52. The molecule has 2 aromatic rings. The summed E-state index contributed by atoms with van der Waals surface area (Å²) in [6.07, 6.45) is 2.66. The van der Waals surface area contributed by atoms with Crippen LogP contribution < -0.4 is 0 Å². The lowest BCUT2D eigenvalue weighted by Gasteiger charge is -2.33. The number of sulfonamides is 1. The van der Waals surface area contributed by atoms with Crippen LogP contribution in [0.3, 0.4) is 0 Å². The highest BCUT2D eigenvalue weighted by Crippen LogP contribution is 2.23. The van der Waals surface area contributed by atoms with Gasteiger partial charge in [0.1, 0.15) is 11.6 Å². The first-order valence-electron chi connectivity index (χ1n) is 8.86. The number of carbonyl (C=O) groups excluding carboxylic acids is 1. The van der Waals surface area contributed by atoms with Crippen LogP contribution in [0.2, 0.25) is 0 Å². The third kappa shape index (κ3) is 4.52. The largest absolute Gasteiger partial charge is 0.337 e. The maximum absolute atomic E-state index is 13.9. The Bertz CT molecular complexity index is 1090. The van der Waals surface area contributed by atoms with E-state index in [0.29, 0.717) is 5.56 Å². The lowest BCUT2D eigenvalue weighted by molar-refractivity contribution is -0.384. The van der Waals surface area contributed by atoms with E-state index in [1.807, 2.05) is 0 Å².